The van der Waals surface area contributed by atoms with Gasteiger partial charge in [-0.1, -0.05) is 31.9 Å². The summed E-state index contributed by atoms with van der Waals surface area (Å²) in [5.41, 5.74) is 2.83. The molecule has 0 aromatic carbocycles. The van der Waals surface area contributed by atoms with Gasteiger partial charge in [0.05, 0.1) is 0 Å². The van der Waals surface area contributed by atoms with Gasteiger partial charge < -0.3 is 5.32 Å². The number of hydrogen-bond acceptors (Lipinski definition) is 1. The van der Waals surface area contributed by atoms with Crippen molar-refractivity contribution in [2.75, 3.05) is 6.54 Å². The molecule has 0 aromatic rings. The Morgan fingerprint density at radius 1 is 1.46 bits per heavy atom. The van der Waals surface area contributed by atoms with Gasteiger partial charge in [-0.05, 0) is 31.8 Å². The highest BCUT2D eigenvalue weighted by Crippen LogP contribution is 2.09. The lowest BCUT2D eigenvalue weighted by Crippen LogP contribution is -2.29. The third-order valence-corrected chi connectivity index (χ3v) is 2.74. The van der Waals surface area contributed by atoms with E-state index in [1.54, 1.807) is 5.54 Å². The molecule has 0 heterocycles. The van der Waals surface area contributed by atoms with Crippen LogP contribution in [0, 0.1) is 5.92 Å². The molecule has 0 spiro atoms. The zero-order chi connectivity index (χ0) is 10.3. The molecule has 0 fully saturated rings. The molecule has 2 unspecified atom stereocenters. The van der Waals surface area contributed by atoms with E-state index in [0.717, 1.165) is 12.5 Å². The second-order valence-electron chi connectivity index (χ2n) is 3.99. The quantitative estimate of drug-likeness (QED) is 0.697. The van der Waals surface area contributed by atoms with Crippen molar-refractivity contribution in [3.05, 3.63) is 11.1 Å². The molecule has 0 saturated carbocycles. The van der Waals surface area contributed by atoms with E-state index in [1.165, 1.54) is 18.4 Å². The fourth-order valence-corrected chi connectivity index (χ4v) is 1.30. The largest absolute Gasteiger partial charge is 0.310 e. The first-order valence-electron chi connectivity index (χ1n) is 5.09. The SMILES string of the molecule is CCC(C)CC(C)NCC(C)=CCl. The summed E-state index contributed by atoms with van der Waals surface area (Å²) in [6.07, 6.45) is 2.50. The maximum atomic E-state index is 5.57. The third kappa shape index (κ3) is 7.09. The molecule has 0 rings (SSSR count). The van der Waals surface area contributed by atoms with Crippen LogP contribution in [0.25, 0.3) is 0 Å². The first kappa shape index (κ1) is 13.0. The fourth-order valence-electron chi connectivity index (χ4n) is 1.23. The molecule has 0 amide bonds. The molecule has 0 aliphatic carbocycles. The Morgan fingerprint density at radius 2 is 2.08 bits per heavy atom. The van der Waals surface area contributed by atoms with Crippen LogP contribution in [-0.4, -0.2) is 12.6 Å². The van der Waals surface area contributed by atoms with Crippen LogP contribution in [0.15, 0.2) is 11.1 Å². The standard InChI is InChI=1S/C11H22ClN/c1-5-9(2)6-11(4)13-8-10(3)7-12/h7,9,11,13H,5-6,8H2,1-4H3. The average molecular weight is 204 g/mol. The average Bonchev–Trinajstić information content (AvgIpc) is 2.13. The highest BCUT2D eigenvalue weighted by Gasteiger charge is 2.05. The molecule has 0 aliphatic heterocycles. The van der Waals surface area contributed by atoms with E-state index in [-0.39, 0.29) is 0 Å². The summed E-state index contributed by atoms with van der Waals surface area (Å²) in [5, 5.41) is 3.45. The van der Waals surface area contributed by atoms with Gasteiger partial charge in [-0.2, -0.15) is 0 Å². The molecule has 0 aliphatic rings. The van der Waals surface area contributed by atoms with Crippen molar-refractivity contribution >= 4 is 11.6 Å². The van der Waals surface area contributed by atoms with Gasteiger partial charge in [-0.15, -0.1) is 0 Å². The van der Waals surface area contributed by atoms with Crippen LogP contribution in [0.4, 0.5) is 0 Å². The van der Waals surface area contributed by atoms with Crippen LogP contribution < -0.4 is 5.32 Å². The Hall–Kier alpha value is -0.0100. The van der Waals surface area contributed by atoms with Gasteiger partial charge >= 0.3 is 0 Å². The molecule has 0 saturated heterocycles. The van der Waals surface area contributed by atoms with Crippen molar-refractivity contribution in [2.45, 2.75) is 46.6 Å². The predicted molar refractivity (Wildman–Crippen MR) is 61.1 cm³/mol. The van der Waals surface area contributed by atoms with Crippen molar-refractivity contribution in [1.29, 1.82) is 0 Å². The second kappa shape index (κ2) is 7.40. The van der Waals surface area contributed by atoms with Gasteiger partial charge in [0.2, 0.25) is 0 Å². The monoisotopic (exact) mass is 203 g/mol. The number of hydrogen-bond donors (Lipinski definition) is 1. The summed E-state index contributed by atoms with van der Waals surface area (Å²) in [4.78, 5) is 0. The highest BCUT2D eigenvalue weighted by molar-refractivity contribution is 6.25. The molecule has 78 valence electrons. The first-order valence-corrected chi connectivity index (χ1v) is 5.53. The topological polar surface area (TPSA) is 12.0 Å². The number of nitrogens with one attached hydrogen (secondary N) is 1. The second-order valence-corrected chi connectivity index (χ2v) is 4.20. The lowest BCUT2D eigenvalue weighted by Gasteiger charge is -2.17. The maximum Gasteiger partial charge on any atom is 0.0176 e. The first-order chi connectivity index (χ1) is 6.10. The number of halogens is 1. The van der Waals surface area contributed by atoms with Gasteiger partial charge in [0, 0.05) is 18.1 Å². The van der Waals surface area contributed by atoms with E-state index in [1.807, 2.05) is 6.92 Å². The molecule has 13 heavy (non-hydrogen) atoms. The summed E-state index contributed by atoms with van der Waals surface area (Å²) in [6.45, 7) is 9.70. The van der Waals surface area contributed by atoms with Gasteiger partial charge in [0.1, 0.15) is 0 Å². The Morgan fingerprint density at radius 3 is 2.54 bits per heavy atom. The Kier molecular flexibility index (Phi) is 7.39. The van der Waals surface area contributed by atoms with Crippen LogP contribution in [0.5, 0.6) is 0 Å². The van der Waals surface area contributed by atoms with E-state index in [0.29, 0.717) is 6.04 Å². The maximum absolute atomic E-state index is 5.57. The molecule has 0 aromatic heterocycles. The molecular weight excluding hydrogens is 182 g/mol. The Bertz CT molecular complexity index is 154. The Balaban J connectivity index is 3.57. The summed E-state index contributed by atoms with van der Waals surface area (Å²) >= 11 is 5.57. The molecule has 1 nitrogen and oxygen atoms in total. The van der Waals surface area contributed by atoms with Gasteiger partial charge in [0.15, 0.2) is 0 Å². The Labute approximate surface area is 87.6 Å². The van der Waals surface area contributed by atoms with Crippen LogP contribution in [0.1, 0.15) is 40.5 Å². The lowest BCUT2D eigenvalue weighted by atomic mass is 10.0. The van der Waals surface area contributed by atoms with Crippen molar-refractivity contribution in [2.24, 2.45) is 5.92 Å². The van der Waals surface area contributed by atoms with Crippen LogP contribution in [0.3, 0.4) is 0 Å². The van der Waals surface area contributed by atoms with Gasteiger partial charge in [0.25, 0.3) is 0 Å². The summed E-state index contributed by atoms with van der Waals surface area (Å²) in [5.74, 6) is 0.808. The zero-order valence-electron chi connectivity index (χ0n) is 9.23. The molecule has 2 heteroatoms. The van der Waals surface area contributed by atoms with E-state index < -0.39 is 0 Å². The molecule has 0 radical (unpaired) electrons. The van der Waals surface area contributed by atoms with E-state index >= 15 is 0 Å². The van der Waals surface area contributed by atoms with Gasteiger partial charge in [-0.3, -0.25) is 0 Å². The van der Waals surface area contributed by atoms with Crippen LogP contribution in [-0.2, 0) is 0 Å². The predicted octanol–water partition coefficient (Wildman–Crippen LogP) is 3.54. The minimum Gasteiger partial charge on any atom is -0.310 e. The lowest BCUT2D eigenvalue weighted by molar-refractivity contribution is 0.422. The number of rotatable bonds is 6. The normalized spacial score (nSPS) is 17.2. The van der Waals surface area contributed by atoms with Crippen molar-refractivity contribution in [1.82, 2.24) is 5.32 Å². The zero-order valence-corrected chi connectivity index (χ0v) is 9.99. The summed E-state index contributed by atoms with van der Waals surface area (Å²) < 4.78 is 0. The minimum atomic E-state index is 0.585. The van der Waals surface area contributed by atoms with E-state index in [4.69, 9.17) is 11.6 Å². The van der Waals surface area contributed by atoms with E-state index in [9.17, 15) is 0 Å². The minimum absolute atomic E-state index is 0.585. The van der Waals surface area contributed by atoms with Crippen molar-refractivity contribution in [3.63, 3.8) is 0 Å². The fraction of sp³-hybridized carbons (Fsp3) is 0.818. The summed E-state index contributed by atoms with van der Waals surface area (Å²) in [6, 6.07) is 0.585. The van der Waals surface area contributed by atoms with E-state index in [2.05, 4.69) is 26.1 Å². The third-order valence-electron chi connectivity index (χ3n) is 2.37. The van der Waals surface area contributed by atoms with Gasteiger partial charge in [-0.25, -0.2) is 0 Å². The van der Waals surface area contributed by atoms with Crippen LogP contribution >= 0.6 is 11.6 Å². The molecular formula is C11H22ClN. The molecule has 0 bridgehead atoms. The smallest absolute Gasteiger partial charge is 0.0176 e. The van der Waals surface area contributed by atoms with Crippen molar-refractivity contribution < 1.29 is 0 Å². The summed E-state index contributed by atoms with van der Waals surface area (Å²) in [7, 11) is 0. The molecule has 1 N–H and O–H groups in total. The van der Waals surface area contributed by atoms with Crippen molar-refractivity contribution in [3.8, 4) is 0 Å². The molecule has 2 atom stereocenters. The highest BCUT2D eigenvalue weighted by atomic mass is 35.5. The van der Waals surface area contributed by atoms with Crippen LogP contribution in [0.2, 0.25) is 0 Å².